The van der Waals surface area contributed by atoms with Gasteiger partial charge >= 0.3 is 0 Å². The van der Waals surface area contributed by atoms with Crippen LogP contribution in [-0.4, -0.2) is 49.0 Å². The summed E-state index contributed by atoms with van der Waals surface area (Å²) in [5, 5.41) is 7.36. The summed E-state index contributed by atoms with van der Waals surface area (Å²) in [7, 11) is 1.60. The van der Waals surface area contributed by atoms with Crippen molar-refractivity contribution in [1.29, 1.82) is 0 Å². The number of nitrogens with zero attached hydrogens (tertiary/aromatic N) is 3. The van der Waals surface area contributed by atoms with Crippen LogP contribution in [0.25, 0.3) is 0 Å². The molecule has 0 bridgehead atoms. The van der Waals surface area contributed by atoms with E-state index in [4.69, 9.17) is 4.74 Å². The van der Waals surface area contributed by atoms with Crippen molar-refractivity contribution in [2.75, 3.05) is 38.3 Å². The maximum Gasteiger partial charge on any atom is 0.268 e. The smallest absolute Gasteiger partial charge is 0.268 e. The molecule has 26 heavy (non-hydrogen) atoms. The van der Waals surface area contributed by atoms with Gasteiger partial charge in [-0.1, -0.05) is 19.3 Å². The number of carbonyl (C=O) groups excluding carboxylic acids is 1. The Balaban J connectivity index is 1.50. The zero-order valence-electron chi connectivity index (χ0n) is 15.7. The number of hydrogen-bond acceptors (Lipinski definition) is 5. The largest absolute Gasteiger partial charge is 0.383 e. The normalized spacial score (nSPS) is 21.1. The fraction of sp³-hybridized carbons (Fsp3) is 0.737. The Hall–Kier alpha value is -1.89. The highest BCUT2D eigenvalue weighted by Crippen LogP contribution is 2.24. The summed E-state index contributed by atoms with van der Waals surface area (Å²) in [5.41, 5.74) is 0.663. The van der Waals surface area contributed by atoms with Crippen LogP contribution >= 0.6 is 0 Å². The van der Waals surface area contributed by atoms with Crippen molar-refractivity contribution in [3.05, 3.63) is 22.6 Å². The van der Waals surface area contributed by atoms with E-state index in [0.29, 0.717) is 25.6 Å². The highest BCUT2D eigenvalue weighted by atomic mass is 16.5. The molecule has 1 aromatic heterocycles. The van der Waals surface area contributed by atoms with Gasteiger partial charge in [0, 0.05) is 32.8 Å². The molecular formula is C19H30N4O3. The summed E-state index contributed by atoms with van der Waals surface area (Å²) < 4.78 is 6.38. The second kappa shape index (κ2) is 9.16. The van der Waals surface area contributed by atoms with Gasteiger partial charge in [0.05, 0.1) is 31.0 Å². The first-order valence-electron chi connectivity index (χ1n) is 9.76. The molecule has 0 aromatic carbocycles. The molecule has 7 nitrogen and oxygen atoms in total. The van der Waals surface area contributed by atoms with Crippen LogP contribution in [0.3, 0.4) is 0 Å². The van der Waals surface area contributed by atoms with Gasteiger partial charge in [-0.15, -0.1) is 0 Å². The summed E-state index contributed by atoms with van der Waals surface area (Å²) in [5.74, 6) is 0.795. The molecule has 144 valence electrons. The molecule has 0 spiro atoms. The Bertz CT molecular complexity index is 654. The molecule has 1 aliphatic heterocycles. The Kier molecular flexibility index (Phi) is 6.66. The summed E-state index contributed by atoms with van der Waals surface area (Å²) >= 11 is 0. The molecule has 1 saturated carbocycles. The minimum atomic E-state index is -0.134. The Morgan fingerprint density at radius 1 is 1.31 bits per heavy atom. The first-order chi connectivity index (χ1) is 12.7. The third-order valence-electron chi connectivity index (χ3n) is 5.58. The maximum absolute atomic E-state index is 12.5. The Morgan fingerprint density at radius 2 is 2.12 bits per heavy atom. The number of methoxy groups -OCH3 is 1. The van der Waals surface area contributed by atoms with E-state index < -0.39 is 0 Å². The molecule has 1 aliphatic carbocycles. The van der Waals surface area contributed by atoms with E-state index in [1.165, 1.54) is 36.8 Å². The predicted octanol–water partition coefficient (Wildman–Crippen LogP) is 1.41. The van der Waals surface area contributed by atoms with E-state index in [9.17, 15) is 9.59 Å². The van der Waals surface area contributed by atoms with E-state index in [0.717, 1.165) is 25.2 Å². The van der Waals surface area contributed by atoms with Gasteiger partial charge in [0.15, 0.2) is 0 Å². The van der Waals surface area contributed by atoms with Crippen LogP contribution < -0.4 is 15.8 Å². The summed E-state index contributed by atoms with van der Waals surface area (Å²) in [6.45, 7) is 3.15. The molecule has 2 fully saturated rings. The zero-order valence-corrected chi connectivity index (χ0v) is 15.7. The van der Waals surface area contributed by atoms with Gasteiger partial charge in [-0.2, -0.15) is 5.10 Å². The van der Waals surface area contributed by atoms with Gasteiger partial charge in [-0.05, 0) is 25.2 Å². The first-order valence-corrected chi connectivity index (χ1v) is 9.76. The molecule has 1 N–H and O–H groups in total. The predicted molar refractivity (Wildman–Crippen MR) is 100 cm³/mol. The molecule has 2 aliphatic rings. The summed E-state index contributed by atoms with van der Waals surface area (Å²) in [4.78, 5) is 26.7. The van der Waals surface area contributed by atoms with Gasteiger partial charge in [0.1, 0.15) is 0 Å². The van der Waals surface area contributed by atoms with Crippen LogP contribution in [0.5, 0.6) is 0 Å². The summed E-state index contributed by atoms with van der Waals surface area (Å²) in [6.07, 6.45) is 8.93. The van der Waals surface area contributed by atoms with Gasteiger partial charge in [-0.3, -0.25) is 9.59 Å². The molecular weight excluding hydrogens is 332 g/mol. The molecule has 0 radical (unpaired) electrons. The molecule has 1 unspecified atom stereocenters. The van der Waals surface area contributed by atoms with Crippen molar-refractivity contribution >= 4 is 11.6 Å². The van der Waals surface area contributed by atoms with Crippen molar-refractivity contribution < 1.29 is 9.53 Å². The van der Waals surface area contributed by atoms with Crippen LogP contribution in [0, 0.1) is 11.8 Å². The molecule has 3 rings (SSSR count). The molecule has 1 atom stereocenters. The van der Waals surface area contributed by atoms with Gasteiger partial charge in [-0.25, -0.2) is 4.68 Å². The lowest BCUT2D eigenvalue weighted by Gasteiger charge is -2.23. The van der Waals surface area contributed by atoms with E-state index in [2.05, 4.69) is 15.3 Å². The molecule has 1 saturated heterocycles. The standard InChI is InChI=1S/C19H30N4O3/c1-26-10-9-23-18(24)11-17(13-21-23)22-8-7-16(14-22)19(25)20-12-15-5-3-2-4-6-15/h11,13,15-16H,2-10,12,14H2,1H3,(H,20,25). The van der Waals surface area contributed by atoms with Gasteiger partial charge in [0.25, 0.3) is 5.56 Å². The van der Waals surface area contributed by atoms with Gasteiger partial charge in [0.2, 0.25) is 5.91 Å². The Labute approximate surface area is 154 Å². The fourth-order valence-corrected chi connectivity index (χ4v) is 3.93. The van der Waals surface area contributed by atoms with Crippen molar-refractivity contribution in [3.8, 4) is 0 Å². The lowest BCUT2D eigenvalue weighted by molar-refractivity contribution is -0.124. The number of nitrogens with one attached hydrogen (secondary N) is 1. The average Bonchev–Trinajstić information content (AvgIpc) is 3.16. The lowest BCUT2D eigenvalue weighted by Crippen LogP contribution is -2.36. The highest BCUT2D eigenvalue weighted by Gasteiger charge is 2.29. The third kappa shape index (κ3) is 4.84. The zero-order chi connectivity index (χ0) is 18.4. The van der Waals surface area contributed by atoms with Crippen LogP contribution in [0.15, 0.2) is 17.1 Å². The molecule has 1 aromatic rings. The number of hydrogen-bond donors (Lipinski definition) is 1. The Morgan fingerprint density at radius 3 is 2.85 bits per heavy atom. The molecule has 7 heteroatoms. The van der Waals surface area contributed by atoms with Crippen molar-refractivity contribution in [3.63, 3.8) is 0 Å². The highest BCUT2D eigenvalue weighted by molar-refractivity contribution is 5.80. The van der Waals surface area contributed by atoms with E-state index in [-0.39, 0.29) is 17.4 Å². The summed E-state index contributed by atoms with van der Waals surface area (Å²) in [6, 6.07) is 1.60. The number of anilines is 1. The number of rotatable bonds is 7. The number of carbonyl (C=O) groups is 1. The van der Waals surface area contributed by atoms with E-state index in [1.54, 1.807) is 19.4 Å². The van der Waals surface area contributed by atoms with Crippen LogP contribution in [-0.2, 0) is 16.1 Å². The van der Waals surface area contributed by atoms with Crippen LogP contribution in [0.1, 0.15) is 38.5 Å². The second-order valence-corrected chi connectivity index (χ2v) is 7.45. The minimum absolute atomic E-state index is 0.00508. The number of amides is 1. The van der Waals surface area contributed by atoms with E-state index >= 15 is 0 Å². The maximum atomic E-state index is 12.5. The molecule has 1 amide bonds. The van der Waals surface area contributed by atoms with E-state index in [1.807, 2.05) is 0 Å². The average molecular weight is 362 g/mol. The third-order valence-corrected chi connectivity index (χ3v) is 5.58. The topological polar surface area (TPSA) is 76.5 Å². The number of ether oxygens (including phenoxy) is 1. The lowest BCUT2D eigenvalue weighted by atomic mass is 9.89. The van der Waals surface area contributed by atoms with Gasteiger partial charge < -0.3 is 15.0 Å². The fourth-order valence-electron chi connectivity index (χ4n) is 3.93. The minimum Gasteiger partial charge on any atom is -0.383 e. The van der Waals surface area contributed by atoms with Crippen molar-refractivity contribution in [1.82, 2.24) is 15.1 Å². The monoisotopic (exact) mass is 362 g/mol. The van der Waals surface area contributed by atoms with Crippen molar-refractivity contribution in [2.24, 2.45) is 11.8 Å². The molecule has 2 heterocycles. The quantitative estimate of drug-likeness (QED) is 0.794. The SMILES string of the molecule is COCCn1ncc(N2CCC(C(=O)NCC3CCCCC3)C2)cc1=O. The van der Waals surface area contributed by atoms with Crippen molar-refractivity contribution in [2.45, 2.75) is 45.1 Å². The second-order valence-electron chi connectivity index (χ2n) is 7.45. The van der Waals surface area contributed by atoms with Crippen LogP contribution in [0.4, 0.5) is 5.69 Å². The number of aromatic nitrogens is 2. The first kappa shape index (κ1) is 18.9. The van der Waals surface area contributed by atoms with Crippen LogP contribution in [0.2, 0.25) is 0 Å².